The average molecular weight is 443 g/mol. The van der Waals surface area contributed by atoms with Crippen LogP contribution in [0.2, 0.25) is 0 Å². The van der Waals surface area contributed by atoms with E-state index in [0.29, 0.717) is 27.6 Å². The third kappa shape index (κ3) is 4.50. The third-order valence-electron chi connectivity index (χ3n) is 11.5. The fourth-order valence-corrected chi connectivity index (χ4v) is 9.18. The number of fused-ring (bicyclic) bond motifs is 5. The Morgan fingerprint density at radius 2 is 1.47 bits per heavy atom. The number of hydrogen-bond donors (Lipinski definition) is 1. The zero-order valence-corrected chi connectivity index (χ0v) is 22.6. The van der Waals surface area contributed by atoms with Gasteiger partial charge in [0.1, 0.15) is 0 Å². The van der Waals surface area contributed by atoms with Crippen LogP contribution in [0.3, 0.4) is 0 Å². The normalized spacial score (nSPS) is 47.0. The van der Waals surface area contributed by atoms with Crippen molar-refractivity contribution in [3.63, 3.8) is 0 Å². The topological polar surface area (TPSA) is 20.2 Å². The monoisotopic (exact) mass is 442 g/mol. The summed E-state index contributed by atoms with van der Waals surface area (Å²) in [4.78, 5) is 0. The second-order valence-electron chi connectivity index (χ2n) is 14.8. The predicted octanol–water partition coefficient (Wildman–Crippen LogP) is 8.95. The van der Waals surface area contributed by atoms with Gasteiger partial charge in [0, 0.05) is 0 Å². The highest BCUT2D eigenvalue weighted by molar-refractivity contribution is 5.26. The minimum Gasteiger partial charge on any atom is -0.393 e. The molecule has 3 unspecified atom stereocenters. The van der Waals surface area contributed by atoms with Crippen LogP contribution >= 0.6 is 0 Å². The molecule has 32 heavy (non-hydrogen) atoms. The lowest BCUT2D eigenvalue weighted by atomic mass is 9.48. The molecule has 4 aliphatic carbocycles. The van der Waals surface area contributed by atoms with Crippen molar-refractivity contribution in [3.8, 4) is 0 Å². The van der Waals surface area contributed by atoms with Crippen molar-refractivity contribution in [2.75, 3.05) is 0 Å². The SMILES string of the molecule is C[C@@H]1CCC[C@@]2(C)C3CCC[C@@]4(C)CCC(C)(C)CC4C3=CCC2C(C)(C)CCC[C@@H]1O. The van der Waals surface area contributed by atoms with Crippen LogP contribution in [-0.2, 0) is 0 Å². The summed E-state index contributed by atoms with van der Waals surface area (Å²) >= 11 is 0. The minimum atomic E-state index is -0.101. The van der Waals surface area contributed by atoms with E-state index in [0.717, 1.165) is 24.2 Å². The number of rotatable bonds is 0. The molecule has 0 spiro atoms. The molecule has 184 valence electrons. The summed E-state index contributed by atoms with van der Waals surface area (Å²) in [6.45, 7) is 17.8. The maximum absolute atomic E-state index is 10.7. The molecular formula is C31H54O. The van der Waals surface area contributed by atoms with Crippen LogP contribution in [0.15, 0.2) is 11.6 Å². The quantitative estimate of drug-likeness (QED) is 0.371. The number of allylic oxidation sites excluding steroid dienone is 2. The Morgan fingerprint density at radius 1 is 0.781 bits per heavy atom. The zero-order valence-electron chi connectivity index (χ0n) is 22.6. The molecular weight excluding hydrogens is 388 g/mol. The van der Waals surface area contributed by atoms with Gasteiger partial charge in [-0.15, -0.1) is 0 Å². The molecule has 1 nitrogen and oxygen atoms in total. The molecule has 0 bridgehead atoms. The van der Waals surface area contributed by atoms with Gasteiger partial charge in [-0.2, -0.15) is 0 Å². The van der Waals surface area contributed by atoms with Crippen molar-refractivity contribution < 1.29 is 5.11 Å². The number of aliphatic hydroxyl groups excluding tert-OH is 1. The molecule has 1 heteroatoms. The zero-order chi connectivity index (χ0) is 23.4. The van der Waals surface area contributed by atoms with E-state index in [1.54, 1.807) is 0 Å². The van der Waals surface area contributed by atoms with Crippen molar-refractivity contribution in [2.24, 2.45) is 45.3 Å². The van der Waals surface area contributed by atoms with Crippen molar-refractivity contribution in [1.29, 1.82) is 0 Å². The summed E-state index contributed by atoms with van der Waals surface area (Å²) in [6.07, 6.45) is 19.8. The number of hydrogen-bond acceptors (Lipinski definition) is 1. The standard InChI is InChI=1S/C31H54O/c1-22-11-8-18-31(7)24-12-9-17-30(6)20-19-28(2,3)21-25(30)23(24)14-15-27(31)29(4,5)16-10-13-26(22)32/h14,22,24-27,32H,8-13,15-21H2,1-7H3/t22-,24?,25?,26+,27?,30+,31+/m1/s1. The highest BCUT2D eigenvalue weighted by atomic mass is 16.3. The lowest BCUT2D eigenvalue weighted by Crippen LogP contribution is -2.48. The highest BCUT2D eigenvalue weighted by Crippen LogP contribution is 2.65. The van der Waals surface area contributed by atoms with Gasteiger partial charge in [0.2, 0.25) is 0 Å². The smallest absolute Gasteiger partial charge is 0.0565 e. The third-order valence-corrected chi connectivity index (χ3v) is 11.5. The van der Waals surface area contributed by atoms with Crippen molar-refractivity contribution in [3.05, 3.63) is 11.6 Å². The second-order valence-corrected chi connectivity index (χ2v) is 14.8. The van der Waals surface area contributed by atoms with Crippen LogP contribution in [0.5, 0.6) is 0 Å². The van der Waals surface area contributed by atoms with Gasteiger partial charge in [-0.3, -0.25) is 0 Å². The molecule has 4 rings (SSSR count). The van der Waals surface area contributed by atoms with E-state index in [9.17, 15) is 5.11 Å². The molecule has 0 aliphatic heterocycles. The summed E-state index contributed by atoms with van der Waals surface area (Å²) < 4.78 is 0. The lowest BCUT2D eigenvalue weighted by molar-refractivity contribution is -0.0159. The Labute approximate surface area is 200 Å². The van der Waals surface area contributed by atoms with Gasteiger partial charge < -0.3 is 5.11 Å². The van der Waals surface area contributed by atoms with Crippen LogP contribution in [-0.4, -0.2) is 11.2 Å². The van der Waals surface area contributed by atoms with Crippen LogP contribution in [0, 0.1) is 45.3 Å². The first-order chi connectivity index (χ1) is 14.9. The fraction of sp³-hybridized carbons (Fsp3) is 0.935. The Hall–Kier alpha value is -0.300. The average Bonchev–Trinajstić information content (AvgIpc) is 2.84. The van der Waals surface area contributed by atoms with E-state index >= 15 is 0 Å². The molecule has 0 heterocycles. The maximum atomic E-state index is 10.7. The lowest BCUT2D eigenvalue weighted by Gasteiger charge is -2.57. The molecule has 0 saturated heterocycles. The van der Waals surface area contributed by atoms with Crippen molar-refractivity contribution in [1.82, 2.24) is 0 Å². The molecule has 0 radical (unpaired) electrons. The first-order valence-corrected chi connectivity index (χ1v) is 14.3. The van der Waals surface area contributed by atoms with Gasteiger partial charge >= 0.3 is 0 Å². The molecule has 0 amide bonds. The van der Waals surface area contributed by atoms with Gasteiger partial charge in [-0.25, -0.2) is 0 Å². The summed E-state index contributed by atoms with van der Waals surface area (Å²) in [7, 11) is 0. The Kier molecular flexibility index (Phi) is 6.77. The highest BCUT2D eigenvalue weighted by Gasteiger charge is 2.55. The van der Waals surface area contributed by atoms with Crippen LogP contribution in [0.4, 0.5) is 0 Å². The van der Waals surface area contributed by atoms with Gasteiger partial charge in [-0.1, -0.05) is 79.4 Å². The van der Waals surface area contributed by atoms with Gasteiger partial charge in [0.15, 0.2) is 0 Å². The van der Waals surface area contributed by atoms with Crippen LogP contribution in [0.1, 0.15) is 132 Å². The largest absolute Gasteiger partial charge is 0.393 e. The molecule has 3 fully saturated rings. The molecule has 1 N–H and O–H groups in total. The Balaban J connectivity index is 1.72. The van der Waals surface area contributed by atoms with Gasteiger partial charge in [0.25, 0.3) is 0 Å². The first-order valence-electron chi connectivity index (χ1n) is 14.3. The fourth-order valence-electron chi connectivity index (χ4n) is 9.18. The van der Waals surface area contributed by atoms with Gasteiger partial charge in [-0.05, 0) is 110 Å². The van der Waals surface area contributed by atoms with E-state index in [-0.39, 0.29) is 6.10 Å². The molecule has 7 atom stereocenters. The molecule has 3 saturated carbocycles. The molecule has 0 aromatic heterocycles. The van der Waals surface area contributed by atoms with E-state index in [4.69, 9.17) is 0 Å². The summed E-state index contributed by atoms with van der Waals surface area (Å²) in [5.41, 5.74) is 3.69. The minimum absolute atomic E-state index is 0.101. The maximum Gasteiger partial charge on any atom is 0.0565 e. The van der Waals surface area contributed by atoms with E-state index < -0.39 is 0 Å². The summed E-state index contributed by atoms with van der Waals surface area (Å²) in [6, 6.07) is 0. The Morgan fingerprint density at radius 3 is 2.22 bits per heavy atom. The van der Waals surface area contributed by atoms with Crippen molar-refractivity contribution in [2.45, 2.75) is 138 Å². The van der Waals surface area contributed by atoms with Crippen LogP contribution < -0.4 is 0 Å². The number of aliphatic hydroxyl groups is 1. The molecule has 0 aromatic rings. The summed E-state index contributed by atoms with van der Waals surface area (Å²) in [5.74, 6) is 2.81. The molecule has 4 aliphatic rings. The Bertz CT molecular complexity index is 701. The van der Waals surface area contributed by atoms with E-state index in [2.05, 4.69) is 54.5 Å². The van der Waals surface area contributed by atoms with Gasteiger partial charge in [0.05, 0.1) is 6.10 Å². The predicted molar refractivity (Wildman–Crippen MR) is 138 cm³/mol. The second kappa shape index (κ2) is 8.73. The van der Waals surface area contributed by atoms with E-state index in [1.165, 1.54) is 77.0 Å². The van der Waals surface area contributed by atoms with E-state index in [1.807, 2.05) is 5.57 Å². The molecule has 0 aromatic carbocycles. The van der Waals surface area contributed by atoms with Crippen molar-refractivity contribution >= 4 is 0 Å². The summed E-state index contributed by atoms with van der Waals surface area (Å²) in [5, 5.41) is 10.7. The first kappa shape index (κ1) is 24.8. The van der Waals surface area contributed by atoms with Crippen LogP contribution in [0.25, 0.3) is 0 Å².